The molecule has 0 aliphatic carbocycles. The van der Waals surface area contributed by atoms with Crippen LogP contribution in [0.5, 0.6) is 5.75 Å². The second kappa shape index (κ2) is 8.55. The summed E-state index contributed by atoms with van der Waals surface area (Å²) in [5.74, 6) is -0.334. The maximum Gasteiger partial charge on any atom is 0.335 e. The molecule has 172 valence electrons. The number of rotatable bonds is 5. The SMILES string of the molecule is CC(C)(C)CCC(Cc1c(C(=O)O)cc(C(C)(C)C)c(O)c1C(C)(C)C)C(C)(C)C. The highest BCUT2D eigenvalue weighted by Crippen LogP contribution is 2.45. The number of benzene rings is 1. The van der Waals surface area contributed by atoms with Crippen molar-refractivity contribution in [3.8, 4) is 5.75 Å². The van der Waals surface area contributed by atoms with E-state index >= 15 is 0 Å². The van der Waals surface area contributed by atoms with Crippen molar-refractivity contribution in [3.05, 3.63) is 28.3 Å². The van der Waals surface area contributed by atoms with Gasteiger partial charge in [0.2, 0.25) is 0 Å². The van der Waals surface area contributed by atoms with Crippen LogP contribution in [0.2, 0.25) is 0 Å². The molecule has 0 fully saturated rings. The average Bonchev–Trinajstić information content (AvgIpc) is 2.46. The molecule has 0 radical (unpaired) electrons. The zero-order valence-corrected chi connectivity index (χ0v) is 21.6. The lowest BCUT2D eigenvalue weighted by Gasteiger charge is -2.36. The number of carboxylic acids is 1. The number of hydrogen-bond donors (Lipinski definition) is 2. The summed E-state index contributed by atoms with van der Waals surface area (Å²) in [4.78, 5) is 12.4. The Morgan fingerprint density at radius 2 is 1.40 bits per heavy atom. The Morgan fingerprint density at radius 3 is 1.73 bits per heavy atom. The van der Waals surface area contributed by atoms with Gasteiger partial charge in [0.15, 0.2) is 0 Å². The quantitative estimate of drug-likeness (QED) is 0.514. The van der Waals surface area contributed by atoms with E-state index in [9.17, 15) is 15.0 Å². The summed E-state index contributed by atoms with van der Waals surface area (Å²) < 4.78 is 0. The summed E-state index contributed by atoms with van der Waals surface area (Å²) in [6, 6.07) is 1.71. The van der Waals surface area contributed by atoms with Gasteiger partial charge in [0.25, 0.3) is 0 Å². The van der Waals surface area contributed by atoms with Gasteiger partial charge in [0.1, 0.15) is 5.75 Å². The highest BCUT2D eigenvalue weighted by Gasteiger charge is 2.35. The molecule has 30 heavy (non-hydrogen) atoms. The zero-order chi connectivity index (χ0) is 23.9. The lowest BCUT2D eigenvalue weighted by atomic mass is 9.69. The minimum atomic E-state index is -0.913. The van der Waals surface area contributed by atoms with Gasteiger partial charge in [-0.2, -0.15) is 0 Å². The van der Waals surface area contributed by atoms with Crippen LogP contribution in [0.25, 0.3) is 0 Å². The molecular formula is C27H46O3. The van der Waals surface area contributed by atoms with E-state index in [-0.39, 0.29) is 27.4 Å². The normalized spacial score (nSPS) is 14.7. The third kappa shape index (κ3) is 6.75. The van der Waals surface area contributed by atoms with Crippen molar-refractivity contribution in [3.63, 3.8) is 0 Å². The summed E-state index contributed by atoms with van der Waals surface area (Å²) in [7, 11) is 0. The molecular weight excluding hydrogens is 372 g/mol. The van der Waals surface area contributed by atoms with Gasteiger partial charge < -0.3 is 10.2 Å². The molecule has 1 aromatic rings. The fourth-order valence-corrected chi connectivity index (χ4v) is 4.19. The topological polar surface area (TPSA) is 57.5 Å². The molecule has 3 heteroatoms. The zero-order valence-electron chi connectivity index (χ0n) is 21.6. The molecule has 1 atom stereocenters. The van der Waals surface area contributed by atoms with Gasteiger partial charge in [-0.15, -0.1) is 0 Å². The molecule has 0 aliphatic rings. The van der Waals surface area contributed by atoms with Crippen molar-refractivity contribution in [1.82, 2.24) is 0 Å². The predicted octanol–water partition coefficient (Wildman–Crippen LogP) is 7.72. The van der Waals surface area contributed by atoms with Gasteiger partial charge >= 0.3 is 5.97 Å². The van der Waals surface area contributed by atoms with Crippen LogP contribution in [0.1, 0.15) is 123 Å². The van der Waals surface area contributed by atoms with E-state index < -0.39 is 5.97 Å². The Labute approximate surface area is 185 Å². The Kier molecular flexibility index (Phi) is 7.56. The van der Waals surface area contributed by atoms with Crippen LogP contribution < -0.4 is 0 Å². The number of aromatic carboxylic acids is 1. The molecule has 0 saturated carbocycles. The minimum Gasteiger partial charge on any atom is -0.507 e. The third-order valence-corrected chi connectivity index (χ3v) is 6.11. The van der Waals surface area contributed by atoms with Crippen molar-refractivity contribution < 1.29 is 15.0 Å². The van der Waals surface area contributed by atoms with Crippen LogP contribution in [-0.2, 0) is 17.3 Å². The maximum atomic E-state index is 12.4. The van der Waals surface area contributed by atoms with Gasteiger partial charge in [-0.05, 0) is 58.5 Å². The molecule has 0 spiro atoms. The van der Waals surface area contributed by atoms with E-state index in [1.54, 1.807) is 6.07 Å². The molecule has 0 heterocycles. The smallest absolute Gasteiger partial charge is 0.335 e. The molecule has 3 nitrogen and oxygen atoms in total. The lowest BCUT2D eigenvalue weighted by molar-refractivity contribution is 0.0694. The Morgan fingerprint density at radius 1 is 0.900 bits per heavy atom. The molecule has 0 aromatic heterocycles. The number of phenolic OH excluding ortho intramolecular Hbond substituents is 1. The van der Waals surface area contributed by atoms with Crippen LogP contribution in [0.4, 0.5) is 0 Å². The first-order valence-electron chi connectivity index (χ1n) is 11.3. The average molecular weight is 419 g/mol. The van der Waals surface area contributed by atoms with E-state index in [1.807, 2.05) is 20.8 Å². The maximum absolute atomic E-state index is 12.4. The number of hydrogen-bond acceptors (Lipinski definition) is 2. The van der Waals surface area contributed by atoms with E-state index in [0.29, 0.717) is 23.5 Å². The van der Waals surface area contributed by atoms with E-state index in [0.717, 1.165) is 24.0 Å². The number of carbonyl (C=O) groups is 1. The Bertz CT molecular complexity index is 760. The summed E-state index contributed by atoms with van der Waals surface area (Å²) in [6.07, 6.45) is 2.76. The van der Waals surface area contributed by atoms with Crippen LogP contribution in [-0.4, -0.2) is 16.2 Å². The standard InChI is InChI=1S/C27H46O3/c1-24(2,3)14-13-17(25(4,5)6)15-18-19(23(29)30)16-20(26(7,8)9)22(28)21(18)27(10,11)12/h16-17,28H,13-15H2,1-12H3,(H,29,30). The molecule has 1 rings (SSSR count). The van der Waals surface area contributed by atoms with Crippen molar-refractivity contribution in [2.24, 2.45) is 16.7 Å². The highest BCUT2D eigenvalue weighted by atomic mass is 16.4. The lowest BCUT2D eigenvalue weighted by Crippen LogP contribution is -2.28. The van der Waals surface area contributed by atoms with Crippen molar-refractivity contribution in [2.45, 2.75) is 113 Å². The van der Waals surface area contributed by atoms with Crippen molar-refractivity contribution in [1.29, 1.82) is 0 Å². The first kappa shape index (κ1) is 26.5. The molecule has 0 bridgehead atoms. The summed E-state index contributed by atoms with van der Waals surface area (Å²) in [5.41, 5.74) is 2.19. The van der Waals surface area contributed by atoms with Crippen LogP contribution in [0, 0.1) is 16.7 Å². The number of aromatic hydroxyl groups is 1. The number of phenols is 1. The largest absolute Gasteiger partial charge is 0.507 e. The van der Waals surface area contributed by atoms with E-state index in [1.165, 1.54) is 0 Å². The third-order valence-electron chi connectivity index (χ3n) is 6.11. The van der Waals surface area contributed by atoms with Gasteiger partial charge in [-0.3, -0.25) is 0 Å². The summed E-state index contributed by atoms with van der Waals surface area (Å²) >= 11 is 0. The second-order valence-corrected chi connectivity index (χ2v) is 13.3. The van der Waals surface area contributed by atoms with E-state index in [2.05, 4.69) is 62.3 Å². The molecule has 0 aliphatic heterocycles. The fraction of sp³-hybridized carbons (Fsp3) is 0.741. The molecule has 1 aromatic carbocycles. The summed E-state index contributed by atoms with van der Waals surface area (Å²) in [5, 5.41) is 21.5. The van der Waals surface area contributed by atoms with Crippen molar-refractivity contribution in [2.75, 3.05) is 0 Å². The van der Waals surface area contributed by atoms with Gasteiger partial charge in [0, 0.05) is 11.1 Å². The highest BCUT2D eigenvalue weighted by molar-refractivity contribution is 5.91. The van der Waals surface area contributed by atoms with Gasteiger partial charge in [-0.1, -0.05) is 83.1 Å². The molecule has 0 saturated heterocycles. The molecule has 2 N–H and O–H groups in total. The molecule has 0 amide bonds. The minimum absolute atomic E-state index is 0.0362. The summed E-state index contributed by atoms with van der Waals surface area (Å²) in [6.45, 7) is 25.7. The Hall–Kier alpha value is -1.51. The Balaban J connectivity index is 3.77. The fourth-order valence-electron chi connectivity index (χ4n) is 4.19. The second-order valence-electron chi connectivity index (χ2n) is 13.3. The van der Waals surface area contributed by atoms with Gasteiger partial charge in [-0.25, -0.2) is 4.79 Å². The van der Waals surface area contributed by atoms with E-state index in [4.69, 9.17) is 0 Å². The van der Waals surface area contributed by atoms with Crippen LogP contribution >= 0.6 is 0 Å². The molecule has 1 unspecified atom stereocenters. The monoisotopic (exact) mass is 418 g/mol. The van der Waals surface area contributed by atoms with Crippen LogP contribution in [0.3, 0.4) is 0 Å². The first-order valence-corrected chi connectivity index (χ1v) is 11.3. The number of carboxylic acid groups (broad SMARTS) is 1. The first-order chi connectivity index (χ1) is 13.2. The van der Waals surface area contributed by atoms with Crippen molar-refractivity contribution >= 4 is 5.97 Å². The van der Waals surface area contributed by atoms with Gasteiger partial charge in [0.05, 0.1) is 5.56 Å². The van der Waals surface area contributed by atoms with Crippen LogP contribution in [0.15, 0.2) is 6.07 Å². The predicted molar refractivity (Wildman–Crippen MR) is 128 cm³/mol.